The molecule has 0 radical (unpaired) electrons. The topological polar surface area (TPSA) is 33.2 Å². The number of pyridine rings is 1. The van der Waals surface area contributed by atoms with Crippen LogP contribution in [0.4, 0.5) is 8.78 Å². The van der Waals surface area contributed by atoms with Crippen molar-refractivity contribution < 1.29 is 13.6 Å². The Balaban J connectivity index is 2.23. The predicted octanol–water partition coefficient (Wildman–Crippen LogP) is 3.15. The van der Waals surface area contributed by atoms with Crippen LogP contribution < -0.4 is 0 Å². The Morgan fingerprint density at radius 1 is 1.47 bits per heavy atom. The summed E-state index contributed by atoms with van der Waals surface area (Å²) in [4.78, 5) is 17.2. The maximum absolute atomic E-state index is 13.6. The number of likely N-dealkylation sites (tertiary alicyclic amines) is 1. The molecule has 1 fully saturated rings. The number of nitrogens with zero attached hydrogens (tertiary/aromatic N) is 2. The van der Waals surface area contributed by atoms with Crippen LogP contribution in [0.25, 0.3) is 0 Å². The third kappa shape index (κ3) is 2.91. The average molecular weight is 268 g/mol. The third-order valence-corrected chi connectivity index (χ3v) is 3.59. The van der Waals surface area contributed by atoms with Gasteiger partial charge in [-0.1, -0.05) is 13.3 Å². The third-order valence-electron chi connectivity index (χ3n) is 3.59. The Kier molecular flexibility index (Phi) is 4.45. The van der Waals surface area contributed by atoms with E-state index < -0.39 is 17.7 Å². The van der Waals surface area contributed by atoms with Gasteiger partial charge in [0.2, 0.25) is 5.95 Å². The van der Waals surface area contributed by atoms with Gasteiger partial charge in [-0.3, -0.25) is 4.79 Å². The number of hydrogen-bond acceptors (Lipinski definition) is 2. The number of hydrogen-bond donors (Lipinski definition) is 0. The molecule has 1 amide bonds. The summed E-state index contributed by atoms with van der Waals surface area (Å²) in [6.45, 7) is 2.68. The lowest BCUT2D eigenvalue weighted by Gasteiger charge is -2.35. The Morgan fingerprint density at radius 3 is 3.00 bits per heavy atom. The van der Waals surface area contributed by atoms with Crippen molar-refractivity contribution in [2.75, 3.05) is 6.54 Å². The molecule has 0 aliphatic carbocycles. The fourth-order valence-electron chi connectivity index (χ4n) is 2.64. The summed E-state index contributed by atoms with van der Waals surface area (Å²) in [5.41, 5.74) is -0.212. The van der Waals surface area contributed by atoms with E-state index in [1.807, 2.05) is 0 Å². The minimum atomic E-state index is -1.21. The molecule has 1 aliphatic heterocycles. The van der Waals surface area contributed by atoms with Gasteiger partial charge >= 0.3 is 0 Å². The lowest BCUT2D eigenvalue weighted by Crippen LogP contribution is -2.44. The minimum Gasteiger partial charge on any atom is -0.336 e. The molecule has 19 heavy (non-hydrogen) atoms. The molecule has 0 bridgehead atoms. The highest BCUT2D eigenvalue weighted by Gasteiger charge is 2.29. The molecular formula is C14H18F2N2O. The first-order valence-electron chi connectivity index (χ1n) is 6.76. The summed E-state index contributed by atoms with van der Waals surface area (Å²) in [6.07, 6.45) is 5.95. The quantitative estimate of drug-likeness (QED) is 0.789. The average Bonchev–Trinajstić information content (AvgIpc) is 2.42. The molecule has 1 unspecified atom stereocenters. The van der Waals surface area contributed by atoms with Crippen molar-refractivity contribution in [3.05, 3.63) is 29.6 Å². The molecule has 5 heteroatoms. The van der Waals surface area contributed by atoms with E-state index in [9.17, 15) is 13.6 Å². The molecule has 0 aromatic carbocycles. The van der Waals surface area contributed by atoms with Crippen LogP contribution in [0.1, 0.15) is 49.4 Å². The number of amides is 1. The summed E-state index contributed by atoms with van der Waals surface area (Å²) in [5.74, 6) is -2.78. The number of aromatic nitrogens is 1. The lowest BCUT2D eigenvalue weighted by molar-refractivity contribution is 0.0594. The maximum atomic E-state index is 13.6. The van der Waals surface area contributed by atoms with Gasteiger partial charge in [-0.2, -0.15) is 4.39 Å². The van der Waals surface area contributed by atoms with Gasteiger partial charge in [0, 0.05) is 18.8 Å². The second-order valence-corrected chi connectivity index (χ2v) is 4.90. The molecule has 3 nitrogen and oxygen atoms in total. The van der Waals surface area contributed by atoms with E-state index >= 15 is 0 Å². The smallest absolute Gasteiger partial charge is 0.257 e. The first-order chi connectivity index (χ1) is 9.15. The summed E-state index contributed by atoms with van der Waals surface area (Å²) in [6, 6.07) is 1.39. The summed E-state index contributed by atoms with van der Waals surface area (Å²) in [7, 11) is 0. The van der Waals surface area contributed by atoms with Crippen LogP contribution in [0.15, 0.2) is 12.3 Å². The number of halogens is 2. The summed E-state index contributed by atoms with van der Waals surface area (Å²) in [5, 5.41) is 0. The highest BCUT2D eigenvalue weighted by molar-refractivity contribution is 5.94. The van der Waals surface area contributed by atoms with Crippen LogP contribution >= 0.6 is 0 Å². The zero-order valence-electron chi connectivity index (χ0n) is 11.0. The number of carbonyl (C=O) groups excluding carboxylic acids is 1. The Bertz CT molecular complexity index is 463. The van der Waals surface area contributed by atoms with Gasteiger partial charge in [-0.25, -0.2) is 9.37 Å². The van der Waals surface area contributed by atoms with E-state index in [-0.39, 0.29) is 11.6 Å². The molecule has 2 rings (SSSR count). The van der Waals surface area contributed by atoms with Gasteiger partial charge in [-0.05, 0) is 31.7 Å². The van der Waals surface area contributed by atoms with Gasteiger partial charge < -0.3 is 4.90 Å². The van der Waals surface area contributed by atoms with E-state index in [1.54, 1.807) is 4.90 Å². The fraction of sp³-hybridized carbons (Fsp3) is 0.571. The van der Waals surface area contributed by atoms with Crippen molar-refractivity contribution >= 4 is 5.91 Å². The van der Waals surface area contributed by atoms with Crippen LogP contribution in [0.2, 0.25) is 0 Å². The van der Waals surface area contributed by atoms with Crippen molar-refractivity contribution in [3.8, 4) is 0 Å². The van der Waals surface area contributed by atoms with Crippen molar-refractivity contribution in [3.63, 3.8) is 0 Å². The molecule has 2 heterocycles. The Labute approximate surface area is 111 Å². The van der Waals surface area contributed by atoms with Gasteiger partial charge in [0.05, 0.1) is 5.56 Å². The maximum Gasteiger partial charge on any atom is 0.257 e. The first kappa shape index (κ1) is 13.9. The second kappa shape index (κ2) is 6.08. The van der Waals surface area contributed by atoms with Gasteiger partial charge in [0.25, 0.3) is 5.91 Å². The van der Waals surface area contributed by atoms with E-state index in [4.69, 9.17) is 0 Å². The molecule has 1 saturated heterocycles. The van der Waals surface area contributed by atoms with Crippen LogP contribution in [0.5, 0.6) is 0 Å². The molecule has 1 aromatic rings. The van der Waals surface area contributed by atoms with E-state index in [2.05, 4.69) is 11.9 Å². The van der Waals surface area contributed by atoms with Crippen LogP contribution in [0, 0.1) is 11.8 Å². The fourth-order valence-corrected chi connectivity index (χ4v) is 2.64. The highest BCUT2D eigenvalue weighted by atomic mass is 19.2. The standard InChI is InChI=1S/C14H18F2N2O/c1-2-5-10-6-3-4-9-18(10)14(19)11-7-8-17-13(16)12(11)15/h7-8,10H,2-6,9H2,1H3. The number of rotatable bonds is 3. The van der Waals surface area contributed by atoms with E-state index in [0.717, 1.165) is 38.3 Å². The van der Waals surface area contributed by atoms with Crippen LogP contribution in [0.3, 0.4) is 0 Å². The molecule has 1 atom stereocenters. The van der Waals surface area contributed by atoms with Crippen molar-refractivity contribution in [1.29, 1.82) is 0 Å². The van der Waals surface area contributed by atoms with Crippen molar-refractivity contribution in [2.45, 2.75) is 45.1 Å². The van der Waals surface area contributed by atoms with E-state index in [1.165, 1.54) is 6.07 Å². The van der Waals surface area contributed by atoms with Crippen molar-refractivity contribution in [2.24, 2.45) is 0 Å². The number of piperidine rings is 1. The summed E-state index contributed by atoms with van der Waals surface area (Å²) >= 11 is 0. The van der Waals surface area contributed by atoms with Crippen LogP contribution in [-0.4, -0.2) is 28.4 Å². The van der Waals surface area contributed by atoms with Gasteiger partial charge in [-0.15, -0.1) is 0 Å². The molecule has 0 saturated carbocycles. The molecular weight excluding hydrogens is 250 g/mol. The molecule has 0 N–H and O–H groups in total. The monoisotopic (exact) mass is 268 g/mol. The zero-order chi connectivity index (χ0) is 13.8. The Morgan fingerprint density at radius 2 is 2.26 bits per heavy atom. The SMILES string of the molecule is CCCC1CCCCN1C(=O)c1ccnc(F)c1F. The lowest BCUT2D eigenvalue weighted by atomic mass is 9.97. The first-order valence-corrected chi connectivity index (χ1v) is 6.76. The predicted molar refractivity (Wildman–Crippen MR) is 67.7 cm³/mol. The van der Waals surface area contributed by atoms with Gasteiger partial charge in [0.1, 0.15) is 0 Å². The van der Waals surface area contributed by atoms with Gasteiger partial charge in [0.15, 0.2) is 5.82 Å². The largest absolute Gasteiger partial charge is 0.336 e. The highest BCUT2D eigenvalue weighted by Crippen LogP contribution is 2.23. The van der Waals surface area contributed by atoms with Crippen molar-refractivity contribution in [1.82, 2.24) is 9.88 Å². The normalized spacial score (nSPS) is 19.5. The Hall–Kier alpha value is -1.52. The molecule has 1 aromatic heterocycles. The molecule has 104 valence electrons. The molecule has 1 aliphatic rings. The minimum absolute atomic E-state index is 0.141. The van der Waals surface area contributed by atoms with E-state index in [0.29, 0.717) is 6.54 Å². The number of carbonyl (C=O) groups is 1. The zero-order valence-corrected chi connectivity index (χ0v) is 11.0. The summed E-state index contributed by atoms with van der Waals surface area (Å²) < 4.78 is 26.7. The second-order valence-electron chi connectivity index (χ2n) is 4.90. The molecule has 0 spiro atoms. The van der Waals surface area contributed by atoms with Crippen LogP contribution in [-0.2, 0) is 0 Å².